The van der Waals surface area contributed by atoms with E-state index in [1.54, 1.807) is 42.6 Å². The molecule has 4 nitrogen and oxygen atoms in total. The predicted octanol–water partition coefficient (Wildman–Crippen LogP) is 3.43. The number of aromatic nitrogens is 1. The largest absolute Gasteiger partial charge is 0.277 e. The maximum Gasteiger partial charge on any atom is 0.261 e. The summed E-state index contributed by atoms with van der Waals surface area (Å²) in [5, 5.41) is 0. The molecule has 106 valence electrons. The fourth-order valence-corrected chi connectivity index (χ4v) is 3.38. The number of anilines is 1. The van der Waals surface area contributed by atoms with Gasteiger partial charge in [0.2, 0.25) is 0 Å². The van der Waals surface area contributed by atoms with Crippen molar-refractivity contribution in [2.75, 3.05) is 10.6 Å². The van der Waals surface area contributed by atoms with Gasteiger partial charge in [0.25, 0.3) is 10.0 Å². The number of aryl methyl sites for hydroxylation is 1. The molecule has 0 aliphatic rings. The summed E-state index contributed by atoms with van der Waals surface area (Å²) in [5.41, 5.74) is 1.40. The molecule has 7 heteroatoms. The van der Waals surface area contributed by atoms with E-state index in [4.69, 9.17) is 11.6 Å². The van der Waals surface area contributed by atoms with Crippen LogP contribution >= 0.6 is 27.5 Å². The SMILES string of the molecule is O=S(=O)(Nc1cccnc1Br)c1ccc(CCCl)cc1. The molecule has 0 atom stereocenters. The van der Waals surface area contributed by atoms with E-state index in [0.717, 1.165) is 5.56 Å². The van der Waals surface area contributed by atoms with Crippen LogP contribution in [0.4, 0.5) is 5.69 Å². The quantitative estimate of drug-likeness (QED) is 0.643. The smallest absolute Gasteiger partial charge is 0.261 e. The van der Waals surface area contributed by atoms with Crippen molar-refractivity contribution < 1.29 is 8.42 Å². The van der Waals surface area contributed by atoms with Gasteiger partial charge in [-0.2, -0.15) is 0 Å². The standard InChI is InChI=1S/C13H12BrClN2O2S/c14-13-12(2-1-9-16-13)17-20(18,19)11-5-3-10(4-6-11)7-8-15/h1-6,9,17H,7-8H2. The van der Waals surface area contributed by atoms with Crippen LogP contribution in [0.2, 0.25) is 0 Å². The Bertz CT molecular complexity index is 690. The fourth-order valence-electron chi connectivity index (χ4n) is 1.61. The number of nitrogens with one attached hydrogen (secondary N) is 1. The first kappa shape index (κ1) is 15.3. The van der Waals surface area contributed by atoms with Crippen molar-refractivity contribution in [3.05, 3.63) is 52.8 Å². The van der Waals surface area contributed by atoms with Gasteiger partial charge in [0.05, 0.1) is 10.6 Å². The lowest BCUT2D eigenvalue weighted by molar-refractivity contribution is 0.601. The normalized spacial score (nSPS) is 11.3. The lowest BCUT2D eigenvalue weighted by Gasteiger charge is -2.09. The number of pyridine rings is 1. The van der Waals surface area contributed by atoms with E-state index < -0.39 is 10.0 Å². The molecule has 1 aromatic heterocycles. The van der Waals surface area contributed by atoms with E-state index in [0.29, 0.717) is 22.6 Å². The van der Waals surface area contributed by atoms with E-state index in [2.05, 4.69) is 25.6 Å². The van der Waals surface area contributed by atoms with Gasteiger partial charge in [0.15, 0.2) is 0 Å². The Hall–Kier alpha value is -1.11. The van der Waals surface area contributed by atoms with Crippen molar-refractivity contribution in [3.63, 3.8) is 0 Å². The second-order valence-electron chi connectivity index (χ2n) is 4.03. The molecule has 0 radical (unpaired) electrons. The van der Waals surface area contributed by atoms with Gasteiger partial charge < -0.3 is 0 Å². The second kappa shape index (κ2) is 6.56. The van der Waals surface area contributed by atoms with Crippen LogP contribution in [0, 0.1) is 0 Å². The van der Waals surface area contributed by atoms with Crippen molar-refractivity contribution in [3.8, 4) is 0 Å². The highest BCUT2D eigenvalue weighted by Crippen LogP contribution is 2.22. The molecule has 0 unspecified atom stereocenters. The van der Waals surface area contributed by atoms with Crippen molar-refractivity contribution in [1.29, 1.82) is 0 Å². The second-order valence-corrected chi connectivity index (χ2v) is 6.84. The van der Waals surface area contributed by atoms with Crippen LogP contribution in [-0.2, 0) is 16.4 Å². The molecule has 2 aromatic rings. The molecule has 1 N–H and O–H groups in total. The fraction of sp³-hybridized carbons (Fsp3) is 0.154. The van der Waals surface area contributed by atoms with E-state index >= 15 is 0 Å². The number of nitrogens with zero attached hydrogens (tertiary/aromatic N) is 1. The first-order valence-electron chi connectivity index (χ1n) is 5.81. The highest BCUT2D eigenvalue weighted by molar-refractivity contribution is 9.10. The minimum Gasteiger partial charge on any atom is -0.277 e. The summed E-state index contributed by atoms with van der Waals surface area (Å²) in [5.74, 6) is 0.507. The van der Waals surface area contributed by atoms with Gasteiger partial charge in [-0.05, 0) is 52.2 Å². The number of alkyl halides is 1. The van der Waals surface area contributed by atoms with Gasteiger partial charge in [0, 0.05) is 12.1 Å². The number of benzene rings is 1. The van der Waals surface area contributed by atoms with Crippen LogP contribution in [0.15, 0.2) is 52.1 Å². The third-order valence-electron chi connectivity index (χ3n) is 2.62. The minimum absolute atomic E-state index is 0.201. The average molecular weight is 376 g/mol. The van der Waals surface area contributed by atoms with Crippen LogP contribution < -0.4 is 4.72 Å². The Labute approximate surface area is 131 Å². The van der Waals surface area contributed by atoms with Crippen molar-refractivity contribution >= 4 is 43.2 Å². The monoisotopic (exact) mass is 374 g/mol. The topological polar surface area (TPSA) is 59.1 Å². The van der Waals surface area contributed by atoms with Gasteiger partial charge in [-0.15, -0.1) is 11.6 Å². The van der Waals surface area contributed by atoms with Gasteiger partial charge >= 0.3 is 0 Å². The van der Waals surface area contributed by atoms with E-state index in [1.165, 1.54) is 0 Å². The van der Waals surface area contributed by atoms with Crippen molar-refractivity contribution in [2.45, 2.75) is 11.3 Å². The summed E-state index contributed by atoms with van der Waals surface area (Å²) >= 11 is 8.85. The Morgan fingerprint density at radius 1 is 1.20 bits per heavy atom. The van der Waals surface area contributed by atoms with Crippen LogP contribution in [-0.4, -0.2) is 19.3 Å². The summed E-state index contributed by atoms with van der Waals surface area (Å²) in [6.07, 6.45) is 2.28. The molecule has 0 bridgehead atoms. The Kier molecular flexibility index (Phi) is 5.01. The number of halogens is 2. The summed E-state index contributed by atoms with van der Waals surface area (Å²) < 4.78 is 27.4. The number of hydrogen-bond donors (Lipinski definition) is 1. The Morgan fingerprint density at radius 3 is 2.50 bits per heavy atom. The molecule has 0 spiro atoms. The van der Waals surface area contributed by atoms with Gasteiger partial charge in [0.1, 0.15) is 4.60 Å². The first-order valence-corrected chi connectivity index (χ1v) is 8.62. The van der Waals surface area contributed by atoms with Gasteiger partial charge in [-0.1, -0.05) is 12.1 Å². The number of hydrogen-bond acceptors (Lipinski definition) is 3. The summed E-state index contributed by atoms with van der Waals surface area (Å²) in [7, 11) is -3.62. The predicted molar refractivity (Wildman–Crippen MR) is 83.6 cm³/mol. The van der Waals surface area contributed by atoms with Crippen molar-refractivity contribution in [2.24, 2.45) is 0 Å². The molecule has 0 amide bonds. The Balaban J connectivity index is 2.24. The number of rotatable bonds is 5. The van der Waals surface area contributed by atoms with E-state index in [1.807, 2.05) is 0 Å². The van der Waals surface area contributed by atoms with Crippen LogP contribution in [0.25, 0.3) is 0 Å². The summed E-state index contributed by atoms with van der Waals surface area (Å²) in [6.45, 7) is 0. The first-order chi connectivity index (χ1) is 9.53. The van der Waals surface area contributed by atoms with Crippen LogP contribution in [0.5, 0.6) is 0 Å². The van der Waals surface area contributed by atoms with E-state index in [9.17, 15) is 8.42 Å². The van der Waals surface area contributed by atoms with Gasteiger partial charge in [-0.25, -0.2) is 13.4 Å². The molecule has 0 saturated heterocycles. The Morgan fingerprint density at radius 2 is 1.90 bits per heavy atom. The zero-order valence-corrected chi connectivity index (χ0v) is 13.5. The lowest BCUT2D eigenvalue weighted by Crippen LogP contribution is -2.13. The molecule has 0 aliphatic carbocycles. The number of sulfonamides is 1. The maximum absolute atomic E-state index is 12.2. The summed E-state index contributed by atoms with van der Waals surface area (Å²) in [6, 6.07) is 9.94. The third-order valence-corrected chi connectivity index (χ3v) is 4.82. The molecule has 1 heterocycles. The lowest BCUT2D eigenvalue weighted by atomic mass is 10.2. The highest BCUT2D eigenvalue weighted by atomic mass is 79.9. The molecule has 20 heavy (non-hydrogen) atoms. The van der Waals surface area contributed by atoms with Gasteiger partial charge in [-0.3, -0.25) is 4.72 Å². The zero-order chi connectivity index (χ0) is 14.6. The average Bonchev–Trinajstić information content (AvgIpc) is 2.42. The molecule has 2 rings (SSSR count). The van der Waals surface area contributed by atoms with Crippen molar-refractivity contribution in [1.82, 2.24) is 4.98 Å². The van der Waals surface area contributed by atoms with Crippen LogP contribution in [0.3, 0.4) is 0 Å². The molecular formula is C13H12BrClN2O2S. The maximum atomic E-state index is 12.2. The van der Waals surface area contributed by atoms with Crippen LogP contribution in [0.1, 0.15) is 5.56 Å². The molecular weight excluding hydrogens is 364 g/mol. The zero-order valence-electron chi connectivity index (χ0n) is 10.4. The molecule has 1 aromatic carbocycles. The summed E-state index contributed by atoms with van der Waals surface area (Å²) in [4.78, 5) is 4.17. The minimum atomic E-state index is -3.62. The highest BCUT2D eigenvalue weighted by Gasteiger charge is 2.15. The molecule has 0 saturated carbocycles. The molecule has 0 fully saturated rings. The third kappa shape index (κ3) is 3.71. The molecule has 0 aliphatic heterocycles. The van der Waals surface area contributed by atoms with E-state index in [-0.39, 0.29) is 4.90 Å².